The molecule has 0 aliphatic heterocycles. The van der Waals surface area contributed by atoms with Crippen molar-refractivity contribution in [1.82, 2.24) is 0 Å². The molecule has 0 radical (unpaired) electrons. The standard InChI is InChI=1S/C6H3F9N2/c7-1(3(17)5(10,11)12)2(16)4(8,9)6(13,14)15/h1,16-17H. The first-order valence-electron chi connectivity index (χ1n) is 3.56. The molecule has 0 amide bonds. The van der Waals surface area contributed by atoms with Crippen molar-refractivity contribution in [2.45, 2.75) is 24.4 Å². The maximum absolute atomic E-state index is 12.6. The van der Waals surface area contributed by atoms with E-state index in [2.05, 4.69) is 0 Å². The van der Waals surface area contributed by atoms with Crippen LogP contribution in [0.15, 0.2) is 0 Å². The number of rotatable bonds is 3. The van der Waals surface area contributed by atoms with Gasteiger partial charge in [-0.15, -0.1) is 0 Å². The molecular formula is C6H3F9N2. The van der Waals surface area contributed by atoms with Crippen LogP contribution in [0.4, 0.5) is 39.5 Å². The average molecular weight is 274 g/mol. The lowest BCUT2D eigenvalue weighted by molar-refractivity contribution is -0.250. The van der Waals surface area contributed by atoms with Crippen LogP contribution in [0.25, 0.3) is 0 Å². The van der Waals surface area contributed by atoms with Gasteiger partial charge in [0.1, 0.15) is 5.71 Å². The molecule has 11 heteroatoms. The maximum atomic E-state index is 12.6. The van der Waals surface area contributed by atoms with Crippen LogP contribution < -0.4 is 0 Å². The van der Waals surface area contributed by atoms with E-state index in [0.717, 1.165) is 0 Å². The summed E-state index contributed by atoms with van der Waals surface area (Å²) < 4.78 is 107. The van der Waals surface area contributed by atoms with E-state index in [9.17, 15) is 39.5 Å². The van der Waals surface area contributed by atoms with E-state index >= 15 is 0 Å². The lowest BCUT2D eigenvalue weighted by Crippen LogP contribution is -2.51. The lowest BCUT2D eigenvalue weighted by atomic mass is 10.0. The van der Waals surface area contributed by atoms with E-state index in [0.29, 0.717) is 0 Å². The van der Waals surface area contributed by atoms with E-state index in [1.165, 1.54) is 0 Å². The predicted molar refractivity (Wildman–Crippen MR) is 37.4 cm³/mol. The normalized spacial score (nSPS) is 15.6. The molecule has 2 nitrogen and oxygen atoms in total. The second-order valence-electron chi connectivity index (χ2n) is 2.76. The van der Waals surface area contributed by atoms with Crippen molar-refractivity contribution in [2.75, 3.05) is 0 Å². The third kappa shape index (κ3) is 3.09. The van der Waals surface area contributed by atoms with Gasteiger partial charge in [0.05, 0.1) is 0 Å². The Morgan fingerprint density at radius 1 is 0.765 bits per heavy atom. The summed E-state index contributed by atoms with van der Waals surface area (Å²) in [5.41, 5.74) is -6.17. The van der Waals surface area contributed by atoms with Crippen molar-refractivity contribution in [3.63, 3.8) is 0 Å². The first kappa shape index (κ1) is 15.7. The minimum absolute atomic E-state index is 2.99. The summed E-state index contributed by atoms with van der Waals surface area (Å²) >= 11 is 0. The Bertz CT molecular complexity index is 325. The third-order valence-corrected chi connectivity index (χ3v) is 1.51. The number of halogens is 9. The molecule has 0 aliphatic carbocycles. The zero-order chi connectivity index (χ0) is 14.2. The van der Waals surface area contributed by atoms with Gasteiger partial charge in [-0.25, -0.2) is 4.39 Å². The first-order chi connectivity index (χ1) is 7.23. The fourth-order valence-corrected chi connectivity index (χ4v) is 0.600. The van der Waals surface area contributed by atoms with Crippen LogP contribution in [0, 0.1) is 10.8 Å². The number of nitrogens with one attached hydrogen (secondary N) is 2. The lowest BCUT2D eigenvalue weighted by Gasteiger charge is -2.23. The number of hydrogen-bond acceptors (Lipinski definition) is 2. The summed E-state index contributed by atoms with van der Waals surface area (Å²) in [6, 6.07) is 0. The molecule has 0 aromatic carbocycles. The molecule has 0 aromatic rings. The van der Waals surface area contributed by atoms with Crippen molar-refractivity contribution < 1.29 is 39.5 Å². The molecule has 0 aromatic heterocycles. The zero-order valence-electron chi connectivity index (χ0n) is 7.48. The van der Waals surface area contributed by atoms with Crippen LogP contribution in [0.5, 0.6) is 0 Å². The fourth-order valence-electron chi connectivity index (χ4n) is 0.600. The van der Waals surface area contributed by atoms with Crippen molar-refractivity contribution >= 4 is 11.4 Å². The van der Waals surface area contributed by atoms with Crippen LogP contribution in [-0.4, -0.2) is 35.9 Å². The van der Waals surface area contributed by atoms with Gasteiger partial charge in [0.2, 0.25) is 0 Å². The van der Waals surface area contributed by atoms with Gasteiger partial charge in [-0.1, -0.05) is 0 Å². The highest BCUT2D eigenvalue weighted by molar-refractivity contribution is 6.12. The second kappa shape index (κ2) is 4.18. The molecule has 0 aliphatic rings. The monoisotopic (exact) mass is 274 g/mol. The summed E-state index contributed by atoms with van der Waals surface area (Å²) in [6.45, 7) is 0. The molecular weight excluding hydrogens is 271 g/mol. The van der Waals surface area contributed by atoms with Gasteiger partial charge >= 0.3 is 18.3 Å². The highest BCUT2D eigenvalue weighted by atomic mass is 19.4. The summed E-state index contributed by atoms with van der Waals surface area (Å²) in [5, 5.41) is 12.1. The first-order valence-corrected chi connectivity index (χ1v) is 3.56. The molecule has 0 rings (SSSR count). The minimum atomic E-state index is -6.40. The molecule has 100 valence electrons. The van der Waals surface area contributed by atoms with Crippen molar-refractivity contribution in [1.29, 1.82) is 10.8 Å². The molecule has 0 fully saturated rings. The third-order valence-electron chi connectivity index (χ3n) is 1.51. The quantitative estimate of drug-likeness (QED) is 0.587. The van der Waals surface area contributed by atoms with Crippen molar-refractivity contribution in [2.24, 2.45) is 0 Å². The smallest absolute Gasteiger partial charge is 0.300 e. The van der Waals surface area contributed by atoms with Crippen LogP contribution in [0.1, 0.15) is 0 Å². The van der Waals surface area contributed by atoms with Gasteiger partial charge in [-0.2, -0.15) is 35.1 Å². The van der Waals surface area contributed by atoms with Gasteiger partial charge in [0.25, 0.3) is 0 Å². The summed E-state index contributed by atoms with van der Waals surface area (Å²) in [7, 11) is 0. The van der Waals surface area contributed by atoms with Crippen LogP contribution in [0.3, 0.4) is 0 Å². The van der Waals surface area contributed by atoms with E-state index in [-0.39, 0.29) is 0 Å². The topological polar surface area (TPSA) is 47.7 Å². The SMILES string of the molecule is N=C(C(F)C(=N)C(F)(F)C(F)(F)F)C(F)(F)F. The molecule has 0 saturated heterocycles. The highest BCUT2D eigenvalue weighted by Crippen LogP contribution is 2.38. The number of alkyl halides is 9. The molecule has 0 saturated carbocycles. The number of hydrogen-bond donors (Lipinski definition) is 2. The molecule has 1 unspecified atom stereocenters. The Kier molecular flexibility index (Phi) is 3.87. The molecule has 0 bridgehead atoms. The highest BCUT2D eigenvalue weighted by Gasteiger charge is 2.64. The zero-order valence-corrected chi connectivity index (χ0v) is 7.48. The Morgan fingerprint density at radius 3 is 1.35 bits per heavy atom. The van der Waals surface area contributed by atoms with Gasteiger partial charge in [0.15, 0.2) is 11.9 Å². The minimum Gasteiger partial charge on any atom is -0.300 e. The predicted octanol–water partition coefficient (Wildman–Crippen LogP) is 3.12. The van der Waals surface area contributed by atoms with E-state index in [4.69, 9.17) is 10.8 Å². The van der Waals surface area contributed by atoms with Gasteiger partial charge < -0.3 is 0 Å². The summed E-state index contributed by atoms with van der Waals surface area (Å²) in [6.07, 6.45) is -16.3. The van der Waals surface area contributed by atoms with Crippen molar-refractivity contribution in [3.05, 3.63) is 0 Å². The van der Waals surface area contributed by atoms with Gasteiger partial charge in [-0.05, 0) is 0 Å². The van der Waals surface area contributed by atoms with Gasteiger partial charge in [0, 0.05) is 0 Å². The second-order valence-corrected chi connectivity index (χ2v) is 2.76. The molecule has 1 atom stereocenters. The Morgan fingerprint density at radius 2 is 1.12 bits per heavy atom. The van der Waals surface area contributed by atoms with E-state index in [1.807, 2.05) is 0 Å². The summed E-state index contributed by atoms with van der Waals surface area (Å²) in [4.78, 5) is 0. The Labute approximate surface area is 87.4 Å². The van der Waals surface area contributed by atoms with Crippen molar-refractivity contribution in [3.8, 4) is 0 Å². The summed E-state index contributed by atoms with van der Waals surface area (Å²) in [5.74, 6) is -6.07. The van der Waals surface area contributed by atoms with E-state index < -0.39 is 35.9 Å². The van der Waals surface area contributed by atoms with Crippen LogP contribution in [0.2, 0.25) is 0 Å². The molecule has 17 heavy (non-hydrogen) atoms. The Balaban J connectivity index is 5.16. The van der Waals surface area contributed by atoms with Crippen LogP contribution >= 0.6 is 0 Å². The van der Waals surface area contributed by atoms with Gasteiger partial charge in [-0.3, -0.25) is 10.8 Å². The molecule has 0 spiro atoms. The maximum Gasteiger partial charge on any atom is 0.459 e. The largest absolute Gasteiger partial charge is 0.459 e. The molecule has 0 heterocycles. The van der Waals surface area contributed by atoms with E-state index in [1.54, 1.807) is 0 Å². The Hall–Kier alpha value is -1.29. The van der Waals surface area contributed by atoms with Crippen LogP contribution in [-0.2, 0) is 0 Å². The average Bonchev–Trinajstić information content (AvgIpc) is 2.10. The molecule has 2 N–H and O–H groups in total. The fraction of sp³-hybridized carbons (Fsp3) is 0.667.